The number of rotatable bonds is 9. The largest absolute Gasteiger partial charge is 0.490 e. The van der Waals surface area contributed by atoms with Crippen LogP contribution in [0.15, 0.2) is 49.3 Å². The Balaban J connectivity index is 1.68. The zero-order valence-corrected chi connectivity index (χ0v) is 30.0. The zero-order valence-electron chi connectivity index (χ0n) is 27.5. The minimum atomic E-state index is -3.96. The first kappa shape index (κ1) is 36.8. The van der Waals surface area contributed by atoms with Gasteiger partial charge in [-0.2, -0.15) is 4.31 Å². The van der Waals surface area contributed by atoms with Crippen LogP contribution < -0.4 is 9.46 Å². The summed E-state index contributed by atoms with van der Waals surface area (Å²) in [5, 5.41) is 15.6. The fraction of sp³-hybridized carbons (Fsp3) is 0.548. The summed E-state index contributed by atoms with van der Waals surface area (Å²) in [6.45, 7) is 8.68. The summed E-state index contributed by atoms with van der Waals surface area (Å²) in [7, 11) is -6.38. The van der Waals surface area contributed by atoms with Crippen LogP contribution in [-0.4, -0.2) is 93.8 Å². The van der Waals surface area contributed by atoms with E-state index in [9.17, 15) is 26.7 Å². The molecule has 3 aromatic rings. The highest BCUT2D eigenvalue weighted by atomic mass is 32.2. The van der Waals surface area contributed by atoms with E-state index in [1.807, 2.05) is 13.8 Å². The first-order chi connectivity index (χ1) is 22.1. The number of nitrogens with zero attached hydrogens (tertiary/aromatic N) is 3. The summed E-state index contributed by atoms with van der Waals surface area (Å²) in [5.74, 6) is -0.387. The van der Waals surface area contributed by atoms with Crippen LogP contribution >= 0.6 is 11.3 Å². The number of aryl methyl sites for hydroxylation is 2. The molecule has 0 bridgehead atoms. The molecule has 47 heavy (non-hydrogen) atoms. The van der Waals surface area contributed by atoms with Crippen molar-refractivity contribution in [3.63, 3.8) is 0 Å². The Labute approximate surface area is 280 Å². The van der Waals surface area contributed by atoms with E-state index in [4.69, 9.17) is 14.0 Å². The molecular formula is C31H44N4O9S3. The number of sulfonamides is 2. The second kappa shape index (κ2) is 15.5. The molecule has 2 aromatic heterocycles. The van der Waals surface area contributed by atoms with E-state index < -0.39 is 38.1 Å². The van der Waals surface area contributed by atoms with Crippen LogP contribution in [0, 0.1) is 19.8 Å². The quantitative estimate of drug-likeness (QED) is 0.327. The monoisotopic (exact) mass is 712 g/mol. The predicted molar refractivity (Wildman–Crippen MR) is 178 cm³/mol. The summed E-state index contributed by atoms with van der Waals surface area (Å²) < 4.78 is 74.5. The molecule has 4 atom stereocenters. The Morgan fingerprint density at radius 1 is 1.17 bits per heavy atom. The van der Waals surface area contributed by atoms with Crippen LogP contribution in [0.25, 0.3) is 0 Å². The molecule has 4 rings (SSSR count). The predicted octanol–water partition coefficient (Wildman–Crippen LogP) is 4.27. The summed E-state index contributed by atoms with van der Waals surface area (Å²) in [6.07, 6.45) is 1.22. The molecule has 13 nitrogen and oxygen atoms in total. The normalized spacial score (nSPS) is 21.1. The number of carbonyl (C=O) groups excluding carboxylic acids is 1. The third-order valence-electron chi connectivity index (χ3n) is 8.14. The summed E-state index contributed by atoms with van der Waals surface area (Å²) in [5.41, 5.74) is 0.568. The molecule has 1 aliphatic heterocycles. The number of hydrogen-bond acceptors (Lipinski definition) is 11. The van der Waals surface area contributed by atoms with Gasteiger partial charge >= 0.3 is 0 Å². The van der Waals surface area contributed by atoms with Gasteiger partial charge in [0.05, 0.1) is 30.4 Å². The number of aliphatic hydroxyl groups excluding tert-OH is 1. The lowest BCUT2D eigenvalue weighted by Gasteiger charge is -2.35. The highest BCUT2D eigenvalue weighted by Gasteiger charge is 2.34. The maximum atomic E-state index is 14.3. The SMILES string of the molecule is Cc1noc(C)c1S(=O)(=O)N(C)C[C@H]1OCCCC[C@@H](C)Oc2ccc(NS(=O)(=O)c3cccs3)cc2C(=O)N([C@@H](C)CO)C[C@@H]1C. The molecule has 0 aliphatic carbocycles. The zero-order chi connectivity index (χ0) is 34.5. The van der Waals surface area contributed by atoms with Crippen molar-refractivity contribution in [3.8, 4) is 5.75 Å². The van der Waals surface area contributed by atoms with Crippen LogP contribution in [0.4, 0.5) is 5.69 Å². The first-order valence-corrected chi connectivity index (χ1v) is 19.3. The van der Waals surface area contributed by atoms with Crippen LogP contribution in [0.1, 0.15) is 61.8 Å². The molecule has 16 heteroatoms. The van der Waals surface area contributed by atoms with Gasteiger partial charge in [-0.3, -0.25) is 9.52 Å². The third-order valence-corrected chi connectivity index (χ3v) is 13.0. The van der Waals surface area contributed by atoms with E-state index in [0.717, 1.165) is 17.8 Å². The number of benzene rings is 1. The van der Waals surface area contributed by atoms with Gasteiger partial charge in [-0.1, -0.05) is 18.1 Å². The van der Waals surface area contributed by atoms with Crippen molar-refractivity contribution in [2.75, 3.05) is 38.1 Å². The van der Waals surface area contributed by atoms with Crippen molar-refractivity contribution in [1.29, 1.82) is 0 Å². The fourth-order valence-electron chi connectivity index (χ4n) is 5.42. The van der Waals surface area contributed by atoms with Gasteiger partial charge in [0.15, 0.2) is 5.76 Å². The number of ether oxygens (including phenoxy) is 2. The molecule has 1 aromatic carbocycles. The van der Waals surface area contributed by atoms with Gasteiger partial charge in [0.1, 0.15) is 20.5 Å². The van der Waals surface area contributed by atoms with Gasteiger partial charge in [0, 0.05) is 38.3 Å². The smallest absolute Gasteiger partial charge is 0.271 e. The van der Waals surface area contributed by atoms with Crippen molar-refractivity contribution in [3.05, 3.63) is 52.7 Å². The maximum absolute atomic E-state index is 14.3. The standard InChI is InChI=1S/C31H44N4O9S3/c1-20-17-35(21(2)19-36)31(37)26-16-25(33-46(38,39)29-11-9-15-45-29)12-13-27(26)43-22(3)10-7-8-14-42-28(20)18-34(6)47(40,41)30-23(4)32-44-24(30)5/h9,11-13,15-16,20-22,28,33,36H,7-8,10,14,17-19H2,1-6H3/t20-,21-,22+,28+/m0/s1. The molecule has 2 N–H and O–H groups in total. The van der Waals surface area contributed by atoms with Crippen molar-refractivity contribution in [1.82, 2.24) is 14.4 Å². The Morgan fingerprint density at radius 3 is 2.55 bits per heavy atom. The molecule has 0 spiro atoms. The summed E-state index contributed by atoms with van der Waals surface area (Å²) >= 11 is 1.07. The van der Waals surface area contributed by atoms with Crippen LogP contribution in [0.3, 0.4) is 0 Å². The maximum Gasteiger partial charge on any atom is 0.271 e. The minimum absolute atomic E-state index is 0.00611. The highest BCUT2D eigenvalue weighted by molar-refractivity contribution is 7.94. The second-order valence-electron chi connectivity index (χ2n) is 12.0. The van der Waals surface area contributed by atoms with Gasteiger partial charge in [-0.15, -0.1) is 11.3 Å². The van der Waals surface area contributed by atoms with Crippen molar-refractivity contribution >= 4 is 43.0 Å². The van der Waals surface area contributed by atoms with Crippen LogP contribution in [-0.2, 0) is 24.8 Å². The molecule has 260 valence electrons. The molecule has 0 saturated heterocycles. The molecule has 0 saturated carbocycles. The number of aliphatic hydroxyl groups is 1. The number of anilines is 1. The minimum Gasteiger partial charge on any atom is -0.490 e. The van der Waals surface area contributed by atoms with Gasteiger partial charge in [-0.05, 0) is 76.6 Å². The second-order valence-corrected chi connectivity index (χ2v) is 16.8. The van der Waals surface area contributed by atoms with E-state index in [2.05, 4.69) is 9.88 Å². The van der Waals surface area contributed by atoms with Gasteiger partial charge in [0.25, 0.3) is 15.9 Å². The van der Waals surface area contributed by atoms with Gasteiger partial charge in [-0.25, -0.2) is 16.8 Å². The number of thiophene rings is 1. The summed E-state index contributed by atoms with van der Waals surface area (Å²) in [6, 6.07) is 7.06. The van der Waals surface area contributed by atoms with Gasteiger partial charge < -0.3 is 24.0 Å². The molecule has 0 fully saturated rings. The average molecular weight is 713 g/mol. The van der Waals surface area contributed by atoms with Crippen molar-refractivity contribution in [2.45, 2.75) is 81.2 Å². The average Bonchev–Trinajstić information content (AvgIpc) is 3.69. The van der Waals surface area contributed by atoms with Crippen molar-refractivity contribution < 1.29 is 40.7 Å². The van der Waals surface area contributed by atoms with E-state index in [-0.39, 0.29) is 63.5 Å². The molecule has 0 unspecified atom stereocenters. The van der Waals surface area contributed by atoms with E-state index >= 15 is 0 Å². The number of likely N-dealkylation sites (N-methyl/N-ethyl adjacent to an activating group) is 1. The van der Waals surface area contributed by atoms with Crippen LogP contribution in [0.5, 0.6) is 5.75 Å². The molecular weight excluding hydrogens is 669 g/mol. The lowest BCUT2D eigenvalue weighted by molar-refractivity contribution is -0.00835. The number of amides is 1. The molecule has 3 heterocycles. The first-order valence-electron chi connectivity index (χ1n) is 15.4. The Hall–Kier alpha value is -3.02. The third kappa shape index (κ3) is 8.72. The van der Waals surface area contributed by atoms with E-state index in [0.29, 0.717) is 25.2 Å². The molecule has 0 radical (unpaired) electrons. The van der Waals surface area contributed by atoms with E-state index in [1.54, 1.807) is 44.4 Å². The highest BCUT2D eigenvalue weighted by Crippen LogP contribution is 2.30. The number of hydrogen-bond donors (Lipinski definition) is 2. The Kier molecular flexibility index (Phi) is 12.1. The topological polar surface area (TPSA) is 169 Å². The molecule has 1 aliphatic rings. The number of nitrogens with one attached hydrogen (secondary N) is 1. The number of carbonyl (C=O) groups is 1. The number of fused-ring (bicyclic) bond motifs is 1. The number of aromatic nitrogens is 1. The summed E-state index contributed by atoms with van der Waals surface area (Å²) in [4.78, 5) is 15.8. The molecule has 1 amide bonds. The fourth-order valence-corrected chi connectivity index (χ4v) is 8.93. The van der Waals surface area contributed by atoms with Gasteiger partial charge in [0.2, 0.25) is 10.0 Å². The lowest BCUT2D eigenvalue weighted by atomic mass is 10.0. The Morgan fingerprint density at radius 2 is 1.91 bits per heavy atom. The lowest BCUT2D eigenvalue weighted by Crippen LogP contribution is -2.48. The van der Waals surface area contributed by atoms with Crippen LogP contribution in [0.2, 0.25) is 0 Å². The van der Waals surface area contributed by atoms with Crippen molar-refractivity contribution in [2.24, 2.45) is 5.92 Å². The Bertz CT molecular complexity index is 1710. The van der Waals surface area contributed by atoms with E-state index in [1.165, 1.54) is 28.4 Å².